The Morgan fingerprint density at radius 2 is 1.95 bits per heavy atom. The summed E-state index contributed by atoms with van der Waals surface area (Å²) in [5.41, 5.74) is 1.25. The third-order valence-corrected chi connectivity index (χ3v) is 4.30. The molecule has 1 fully saturated rings. The van der Waals surface area contributed by atoms with Crippen LogP contribution in [0.5, 0.6) is 0 Å². The Bertz CT molecular complexity index is 493. The first-order chi connectivity index (χ1) is 9.88. The molecule has 2 rings (SSSR count). The molecule has 0 radical (unpaired) electrons. The van der Waals surface area contributed by atoms with E-state index in [1.807, 2.05) is 30.4 Å². The quantitative estimate of drug-likeness (QED) is 0.595. The molecule has 0 amide bonds. The van der Waals surface area contributed by atoms with Gasteiger partial charge >= 0.3 is 0 Å². The lowest BCUT2D eigenvalue weighted by molar-refractivity contribution is 0.309. The molecule has 0 N–H and O–H groups in total. The fourth-order valence-corrected chi connectivity index (χ4v) is 2.93. The maximum absolute atomic E-state index is 9.15. The second-order valence-corrected chi connectivity index (χ2v) is 5.87. The van der Waals surface area contributed by atoms with Crippen molar-refractivity contribution in [3.05, 3.63) is 59.2 Å². The molecular formula is C17H20N2S. The van der Waals surface area contributed by atoms with Crippen molar-refractivity contribution in [1.82, 2.24) is 4.90 Å². The summed E-state index contributed by atoms with van der Waals surface area (Å²) in [6, 6.07) is 12.5. The van der Waals surface area contributed by atoms with Crippen molar-refractivity contribution in [3.8, 4) is 6.07 Å². The van der Waals surface area contributed by atoms with Gasteiger partial charge in [0.25, 0.3) is 0 Å². The predicted octanol–water partition coefficient (Wildman–Crippen LogP) is 4.33. The molecule has 20 heavy (non-hydrogen) atoms. The number of hydrogen-bond acceptors (Lipinski definition) is 3. The zero-order valence-electron chi connectivity index (χ0n) is 11.7. The molecule has 1 aromatic carbocycles. The van der Waals surface area contributed by atoms with Gasteiger partial charge in [-0.3, -0.25) is 0 Å². The SMILES string of the molecule is N#CC(=CC=CN1CCCCC1)SCc1ccccc1. The summed E-state index contributed by atoms with van der Waals surface area (Å²) >= 11 is 1.59. The number of benzene rings is 1. The van der Waals surface area contributed by atoms with E-state index >= 15 is 0 Å². The van der Waals surface area contributed by atoms with Crippen LogP contribution in [0.1, 0.15) is 24.8 Å². The van der Waals surface area contributed by atoms with Gasteiger partial charge < -0.3 is 4.90 Å². The third kappa shape index (κ3) is 5.14. The van der Waals surface area contributed by atoms with Crippen LogP contribution in [0.25, 0.3) is 0 Å². The van der Waals surface area contributed by atoms with Crippen molar-refractivity contribution in [2.45, 2.75) is 25.0 Å². The van der Waals surface area contributed by atoms with Crippen molar-refractivity contribution in [2.24, 2.45) is 0 Å². The first-order valence-electron chi connectivity index (χ1n) is 7.08. The topological polar surface area (TPSA) is 27.0 Å². The van der Waals surface area contributed by atoms with Gasteiger partial charge in [0.05, 0.1) is 4.91 Å². The third-order valence-electron chi connectivity index (χ3n) is 3.28. The van der Waals surface area contributed by atoms with Gasteiger partial charge in [0, 0.05) is 18.8 Å². The zero-order chi connectivity index (χ0) is 14.0. The van der Waals surface area contributed by atoms with Crippen LogP contribution in [0.3, 0.4) is 0 Å². The van der Waals surface area contributed by atoms with Crippen molar-refractivity contribution >= 4 is 11.8 Å². The van der Waals surface area contributed by atoms with Gasteiger partial charge in [0.1, 0.15) is 6.07 Å². The summed E-state index contributed by atoms with van der Waals surface area (Å²) in [5, 5.41) is 9.15. The molecule has 0 bridgehead atoms. The molecule has 0 aliphatic carbocycles. The minimum Gasteiger partial charge on any atom is -0.377 e. The lowest BCUT2D eigenvalue weighted by Gasteiger charge is -2.24. The highest BCUT2D eigenvalue weighted by Crippen LogP contribution is 2.20. The van der Waals surface area contributed by atoms with Crippen LogP contribution in [-0.4, -0.2) is 18.0 Å². The fourth-order valence-electron chi connectivity index (χ4n) is 2.17. The monoisotopic (exact) mass is 284 g/mol. The van der Waals surface area contributed by atoms with E-state index < -0.39 is 0 Å². The van der Waals surface area contributed by atoms with Crippen LogP contribution in [0.15, 0.2) is 53.6 Å². The molecule has 0 spiro atoms. The average Bonchev–Trinajstić information content (AvgIpc) is 2.52. The molecular weight excluding hydrogens is 264 g/mol. The van der Waals surface area contributed by atoms with Crippen molar-refractivity contribution in [3.63, 3.8) is 0 Å². The van der Waals surface area contributed by atoms with Crippen molar-refractivity contribution in [2.75, 3.05) is 13.1 Å². The van der Waals surface area contributed by atoms with Crippen LogP contribution in [0, 0.1) is 11.3 Å². The summed E-state index contributed by atoms with van der Waals surface area (Å²) < 4.78 is 0. The molecule has 1 saturated heterocycles. The van der Waals surface area contributed by atoms with Gasteiger partial charge in [-0.25, -0.2) is 0 Å². The van der Waals surface area contributed by atoms with Crippen LogP contribution < -0.4 is 0 Å². The number of nitrogens with zero attached hydrogens (tertiary/aromatic N) is 2. The lowest BCUT2D eigenvalue weighted by atomic mass is 10.1. The fraction of sp³-hybridized carbons (Fsp3) is 0.353. The van der Waals surface area contributed by atoms with Crippen LogP contribution in [0.2, 0.25) is 0 Å². The molecule has 0 aromatic heterocycles. The van der Waals surface area contributed by atoms with Crippen LogP contribution in [-0.2, 0) is 5.75 Å². The second kappa shape index (κ2) is 8.50. The maximum atomic E-state index is 9.15. The molecule has 0 unspecified atom stereocenters. The highest BCUT2D eigenvalue weighted by atomic mass is 32.2. The molecule has 1 aromatic rings. The van der Waals surface area contributed by atoms with Gasteiger partial charge in [0.15, 0.2) is 0 Å². The molecule has 0 saturated carbocycles. The van der Waals surface area contributed by atoms with E-state index in [-0.39, 0.29) is 0 Å². The summed E-state index contributed by atoms with van der Waals surface area (Å²) in [6.07, 6.45) is 9.93. The smallest absolute Gasteiger partial charge is 0.106 e. The number of rotatable bonds is 5. The maximum Gasteiger partial charge on any atom is 0.106 e. The van der Waals surface area contributed by atoms with E-state index in [4.69, 9.17) is 5.26 Å². The number of allylic oxidation sites excluding steroid dienone is 3. The van der Waals surface area contributed by atoms with Gasteiger partial charge in [0.2, 0.25) is 0 Å². The first kappa shape index (κ1) is 14.7. The average molecular weight is 284 g/mol. The first-order valence-corrected chi connectivity index (χ1v) is 8.06. The van der Waals surface area contributed by atoms with Gasteiger partial charge in [-0.15, -0.1) is 11.8 Å². The predicted molar refractivity (Wildman–Crippen MR) is 86.0 cm³/mol. The number of nitriles is 1. The normalized spacial score (nSPS) is 16.4. The minimum atomic E-state index is 0.766. The number of piperidine rings is 1. The summed E-state index contributed by atoms with van der Waals surface area (Å²) in [4.78, 5) is 3.10. The van der Waals surface area contributed by atoms with Gasteiger partial charge in [-0.2, -0.15) is 5.26 Å². The molecule has 1 heterocycles. The largest absolute Gasteiger partial charge is 0.377 e. The van der Waals surface area contributed by atoms with E-state index in [0.717, 1.165) is 23.7 Å². The Kier molecular flexibility index (Phi) is 6.26. The Morgan fingerprint density at radius 1 is 1.20 bits per heavy atom. The molecule has 3 heteroatoms. The standard InChI is InChI=1S/C17H20N2S/c18-14-17(20-15-16-8-3-1-4-9-16)10-7-13-19-11-5-2-6-12-19/h1,3-4,7-10,13H,2,5-6,11-12,15H2. The van der Waals surface area contributed by atoms with Gasteiger partial charge in [-0.1, -0.05) is 30.3 Å². The van der Waals surface area contributed by atoms with Crippen molar-refractivity contribution in [1.29, 1.82) is 5.26 Å². The van der Waals surface area contributed by atoms with Crippen LogP contribution in [0.4, 0.5) is 0 Å². The minimum absolute atomic E-state index is 0.766. The van der Waals surface area contributed by atoms with E-state index in [0.29, 0.717) is 0 Å². The number of hydrogen-bond donors (Lipinski definition) is 0. The van der Waals surface area contributed by atoms with E-state index in [1.54, 1.807) is 11.8 Å². The molecule has 2 nitrogen and oxygen atoms in total. The Hall–Kier alpha value is -1.66. The Morgan fingerprint density at radius 3 is 2.65 bits per heavy atom. The second-order valence-electron chi connectivity index (χ2n) is 4.86. The summed E-state index contributed by atoms with van der Waals surface area (Å²) in [5.74, 6) is 0.845. The molecule has 104 valence electrons. The van der Waals surface area contributed by atoms with E-state index in [9.17, 15) is 0 Å². The van der Waals surface area contributed by atoms with Crippen molar-refractivity contribution < 1.29 is 0 Å². The highest BCUT2D eigenvalue weighted by molar-refractivity contribution is 8.02. The summed E-state index contributed by atoms with van der Waals surface area (Å²) in [7, 11) is 0. The number of likely N-dealkylation sites (tertiary alicyclic amines) is 1. The van der Waals surface area contributed by atoms with E-state index in [2.05, 4.69) is 29.3 Å². The summed E-state index contributed by atoms with van der Waals surface area (Å²) in [6.45, 7) is 2.28. The molecule has 1 aliphatic rings. The van der Waals surface area contributed by atoms with Gasteiger partial charge in [-0.05, 0) is 43.2 Å². The van der Waals surface area contributed by atoms with E-state index in [1.165, 1.54) is 24.8 Å². The Labute approximate surface area is 125 Å². The van der Waals surface area contributed by atoms with Crippen LogP contribution >= 0.6 is 11.8 Å². The number of thioether (sulfide) groups is 1. The highest BCUT2D eigenvalue weighted by Gasteiger charge is 2.04. The lowest BCUT2D eigenvalue weighted by Crippen LogP contribution is -2.23. The molecule has 1 aliphatic heterocycles. The zero-order valence-corrected chi connectivity index (χ0v) is 12.5. The molecule has 0 atom stereocenters. The Balaban J connectivity index is 1.83.